The van der Waals surface area contributed by atoms with Gasteiger partial charge in [-0.3, -0.25) is 0 Å². The van der Waals surface area contributed by atoms with Crippen LogP contribution in [0.5, 0.6) is 0 Å². The van der Waals surface area contributed by atoms with E-state index in [9.17, 15) is 9.90 Å². The topological polar surface area (TPSA) is 78.6 Å². The summed E-state index contributed by atoms with van der Waals surface area (Å²) in [7, 11) is 0. The summed E-state index contributed by atoms with van der Waals surface area (Å²) in [6.07, 6.45) is 4.64. The monoisotopic (exact) mass is 291 g/mol. The molecule has 1 aromatic heterocycles. The number of urea groups is 1. The number of likely N-dealkylation sites (tertiary alicyclic amines) is 1. The molecule has 3 atom stereocenters. The van der Waals surface area contributed by atoms with Crippen LogP contribution in [0.25, 0.3) is 0 Å². The van der Waals surface area contributed by atoms with Gasteiger partial charge >= 0.3 is 6.03 Å². The minimum atomic E-state index is -0.380. The second-order valence-corrected chi connectivity index (χ2v) is 6.59. The van der Waals surface area contributed by atoms with Gasteiger partial charge in [-0.2, -0.15) is 0 Å². The van der Waals surface area contributed by atoms with Crippen molar-refractivity contribution in [3.63, 3.8) is 0 Å². The maximum absolute atomic E-state index is 12.6. The standard InChI is InChI=1S/C15H21N3O3/c1-8-12(14(21-17-8)10-2-3-10)16-15(20)18-7-6-9-4-5-11(19)13(9)18/h9-11,13,19H,2-7H2,1H3,(H,16,20)/t9-,11+,13+/m0/s1. The highest BCUT2D eigenvalue weighted by Gasteiger charge is 2.45. The van der Waals surface area contributed by atoms with E-state index >= 15 is 0 Å². The molecule has 114 valence electrons. The van der Waals surface area contributed by atoms with E-state index in [1.807, 2.05) is 6.92 Å². The van der Waals surface area contributed by atoms with Gasteiger partial charge in [-0.05, 0) is 44.9 Å². The lowest BCUT2D eigenvalue weighted by atomic mass is 10.0. The molecule has 4 rings (SSSR count). The zero-order chi connectivity index (χ0) is 14.6. The third-order valence-corrected chi connectivity index (χ3v) is 5.14. The SMILES string of the molecule is Cc1noc(C2CC2)c1NC(=O)N1CC[C@@H]2CC[C@@H](O)[C@@H]21. The molecule has 1 aromatic rings. The first-order valence-electron chi connectivity index (χ1n) is 7.87. The van der Waals surface area contributed by atoms with Gasteiger partial charge < -0.3 is 19.8 Å². The van der Waals surface area contributed by atoms with Gasteiger partial charge in [-0.25, -0.2) is 4.79 Å². The first kappa shape index (κ1) is 13.1. The summed E-state index contributed by atoms with van der Waals surface area (Å²) >= 11 is 0. The van der Waals surface area contributed by atoms with E-state index in [1.165, 1.54) is 0 Å². The molecule has 6 nitrogen and oxygen atoms in total. The first-order chi connectivity index (χ1) is 10.1. The van der Waals surface area contributed by atoms with Crippen molar-refractivity contribution >= 4 is 11.7 Å². The zero-order valence-electron chi connectivity index (χ0n) is 12.2. The minimum Gasteiger partial charge on any atom is -0.391 e. The first-order valence-corrected chi connectivity index (χ1v) is 7.87. The average Bonchev–Trinajstić information content (AvgIpc) is 2.96. The van der Waals surface area contributed by atoms with Crippen molar-refractivity contribution in [2.45, 2.75) is 57.1 Å². The Labute approximate surface area is 123 Å². The summed E-state index contributed by atoms with van der Waals surface area (Å²) in [5.74, 6) is 1.67. The maximum atomic E-state index is 12.6. The Morgan fingerprint density at radius 1 is 1.33 bits per heavy atom. The molecular weight excluding hydrogens is 270 g/mol. The Kier molecular flexibility index (Phi) is 2.96. The van der Waals surface area contributed by atoms with Gasteiger partial charge in [-0.15, -0.1) is 0 Å². The smallest absolute Gasteiger partial charge is 0.322 e. The molecule has 1 aliphatic heterocycles. The molecule has 0 unspecified atom stereocenters. The third-order valence-electron chi connectivity index (χ3n) is 5.14. The Hall–Kier alpha value is -1.56. The highest BCUT2D eigenvalue weighted by atomic mass is 16.5. The molecule has 2 saturated carbocycles. The van der Waals surface area contributed by atoms with Crippen LogP contribution >= 0.6 is 0 Å². The lowest BCUT2D eigenvalue weighted by molar-refractivity contribution is 0.101. The van der Waals surface area contributed by atoms with E-state index < -0.39 is 0 Å². The van der Waals surface area contributed by atoms with Crippen molar-refractivity contribution in [3.8, 4) is 0 Å². The molecular formula is C15H21N3O3. The number of aliphatic hydroxyl groups is 1. The second kappa shape index (κ2) is 4.73. The Morgan fingerprint density at radius 3 is 2.90 bits per heavy atom. The number of carbonyl (C=O) groups is 1. The molecule has 0 bridgehead atoms. The van der Waals surface area contributed by atoms with Crippen LogP contribution < -0.4 is 5.32 Å². The number of aromatic nitrogens is 1. The number of hydrogen-bond acceptors (Lipinski definition) is 4. The summed E-state index contributed by atoms with van der Waals surface area (Å²) in [6, 6.07) is -0.147. The van der Waals surface area contributed by atoms with Gasteiger partial charge in [0.25, 0.3) is 0 Å². The van der Waals surface area contributed by atoms with Gasteiger partial charge in [0, 0.05) is 12.5 Å². The van der Waals surface area contributed by atoms with Crippen LogP contribution in [-0.2, 0) is 0 Å². The van der Waals surface area contributed by atoms with Crippen LogP contribution in [0, 0.1) is 12.8 Å². The van der Waals surface area contributed by atoms with E-state index in [0.717, 1.165) is 55.8 Å². The largest absolute Gasteiger partial charge is 0.391 e. The summed E-state index contributed by atoms with van der Waals surface area (Å²) in [6.45, 7) is 2.57. The van der Waals surface area contributed by atoms with Crippen molar-refractivity contribution < 1.29 is 14.4 Å². The molecule has 2 aliphatic carbocycles. The number of carbonyl (C=O) groups excluding carboxylic acids is 1. The summed E-state index contributed by atoms with van der Waals surface area (Å²) in [5.41, 5.74) is 1.46. The van der Waals surface area contributed by atoms with Crippen molar-refractivity contribution in [2.75, 3.05) is 11.9 Å². The molecule has 2 amide bonds. The number of aliphatic hydroxyl groups excluding tert-OH is 1. The highest BCUT2D eigenvalue weighted by Crippen LogP contribution is 2.45. The van der Waals surface area contributed by atoms with Crippen LogP contribution in [0.15, 0.2) is 4.52 Å². The van der Waals surface area contributed by atoms with Gasteiger partial charge in [0.1, 0.15) is 11.4 Å². The van der Waals surface area contributed by atoms with Crippen LogP contribution in [-0.4, -0.2) is 39.9 Å². The number of hydrogen-bond donors (Lipinski definition) is 2. The molecule has 2 heterocycles. The lowest BCUT2D eigenvalue weighted by Crippen LogP contribution is -2.44. The van der Waals surface area contributed by atoms with Crippen LogP contribution in [0.2, 0.25) is 0 Å². The predicted octanol–water partition coefficient (Wildman–Crippen LogP) is 2.24. The summed E-state index contributed by atoms with van der Waals surface area (Å²) in [4.78, 5) is 14.4. The number of nitrogens with zero attached hydrogens (tertiary/aromatic N) is 2. The molecule has 0 aromatic carbocycles. The Balaban J connectivity index is 1.52. The molecule has 2 N–H and O–H groups in total. The van der Waals surface area contributed by atoms with E-state index in [2.05, 4.69) is 10.5 Å². The van der Waals surface area contributed by atoms with E-state index in [4.69, 9.17) is 4.52 Å². The number of anilines is 1. The molecule has 1 saturated heterocycles. The summed E-state index contributed by atoms with van der Waals surface area (Å²) < 4.78 is 5.36. The van der Waals surface area contributed by atoms with Gasteiger partial charge in [-0.1, -0.05) is 5.16 Å². The van der Waals surface area contributed by atoms with Gasteiger partial charge in [0.2, 0.25) is 0 Å². The van der Waals surface area contributed by atoms with Crippen LogP contribution in [0.3, 0.4) is 0 Å². The quantitative estimate of drug-likeness (QED) is 0.876. The molecule has 6 heteroatoms. The van der Waals surface area contributed by atoms with Gasteiger partial charge in [0.05, 0.1) is 12.1 Å². The fourth-order valence-electron chi connectivity index (χ4n) is 3.85. The van der Waals surface area contributed by atoms with Crippen LogP contribution in [0.4, 0.5) is 10.5 Å². The third kappa shape index (κ3) is 2.12. The minimum absolute atomic E-state index is 0.0189. The molecule has 0 radical (unpaired) electrons. The molecule has 21 heavy (non-hydrogen) atoms. The number of rotatable bonds is 2. The normalized spacial score (nSPS) is 31.5. The van der Waals surface area contributed by atoms with Crippen molar-refractivity contribution in [3.05, 3.63) is 11.5 Å². The number of fused-ring (bicyclic) bond motifs is 1. The van der Waals surface area contributed by atoms with Crippen molar-refractivity contribution in [2.24, 2.45) is 5.92 Å². The molecule has 0 spiro atoms. The van der Waals surface area contributed by atoms with E-state index in [-0.39, 0.29) is 18.2 Å². The number of nitrogens with one attached hydrogen (secondary N) is 1. The fraction of sp³-hybridized carbons (Fsp3) is 0.733. The number of aryl methyl sites for hydroxylation is 1. The number of amides is 2. The predicted molar refractivity (Wildman–Crippen MR) is 76.1 cm³/mol. The molecule has 3 fully saturated rings. The van der Waals surface area contributed by atoms with Crippen molar-refractivity contribution in [1.82, 2.24) is 10.1 Å². The van der Waals surface area contributed by atoms with E-state index in [0.29, 0.717) is 11.8 Å². The maximum Gasteiger partial charge on any atom is 0.322 e. The van der Waals surface area contributed by atoms with Crippen LogP contribution in [0.1, 0.15) is 49.5 Å². The van der Waals surface area contributed by atoms with Crippen molar-refractivity contribution in [1.29, 1.82) is 0 Å². The average molecular weight is 291 g/mol. The highest BCUT2D eigenvalue weighted by molar-refractivity contribution is 5.91. The zero-order valence-corrected chi connectivity index (χ0v) is 12.2. The Bertz CT molecular complexity index is 567. The second-order valence-electron chi connectivity index (χ2n) is 6.59. The Morgan fingerprint density at radius 2 is 2.14 bits per heavy atom. The lowest BCUT2D eigenvalue weighted by Gasteiger charge is -2.26. The molecule has 3 aliphatic rings. The fourth-order valence-corrected chi connectivity index (χ4v) is 3.85. The van der Waals surface area contributed by atoms with Gasteiger partial charge in [0.15, 0.2) is 5.76 Å². The summed E-state index contributed by atoms with van der Waals surface area (Å²) in [5, 5.41) is 17.1. The van der Waals surface area contributed by atoms with E-state index in [1.54, 1.807) is 4.90 Å².